The van der Waals surface area contributed by atoms with Crippen molar-refractivity contribution in [2.45, 2.75) is 32.7 Å². The molecule has 0 radical (unpaired) electrons. The van der Waals surface area contributed by atoms with E-state index < -0.39 is 35.9 Å². The lowest BCUT2D eigenvalue weighted by Gasteiger charge is -2.22. The molecule has 202 valence electrons. The summed E-state index contributed by atoms with van der Waals surface area (Å²) in [6, 6.07) is 13.8. The normalized spacial score (nSPS) is 17.8. The molecule has 10 nitrogen and oxygen atoms in total. The van der Waals surface area contributed by atoms with Gasteiger partial charge >= 0.3 is 12.0 Å². The number of amides is 4. The molecule has 3 aromatic rings. The highest BCUT2D eigenvalue weighted by molar-refractivity contribution is 7.17. The fourth-order valence-electron chi connectivity index (χ4n) is 4.62. The number of thiophene rings is 1. The zero-order valence-electron chi connectivity index (χ0n) is 21.7. The van der Waals surface area contributed by atoms with Crippen molar-refractivity contribution in [1.82, 2.24) is 10.2 Å². The Balaban J connectivity index is 1.36. The lowest BCUT2D eigenvalue weighted by atomic mass is 9.92. The standard InChI is InChI=1S/C28H27N3O7S/c1-4-36-25(33)23-16(2)21(13-17-10-11-19-20(12-17)38-15-37-19)39-24(23)29-22(32)14-31-26(34)28(3,30-27(31)35)18-8-6-5-7-9-18/h5-12H,4,13-15H2,1-3H3,(H,29,32)(H,30,35)/t28-/m0/s1. The summed E-state index contributed by atoms with van der Waals surface area (Å²) >= 11 is 1.24. The summed E-state index contributed by atoms with van der Waals surface area (Å²) in [4.78, 5) is 53.5. The zero-order chi connectivity index (χ0) is 27.7. The second-order valence-corrected chi connectivity index (χ2v) is 10.4. The van der Waals surface area contributed by atoms with Gasteiger partial charge in [-0.1, -0.05) is 36.4 Å². The molecule has 3 heterocycles. The average Bonchev–Trinajstić information content (AvgIpc) is 3.56. The average molecular weight is 550 g/mol. The minimum atomic E-state index is -1.29. The molecular weight excluding hydrogens is 522 g/mol. The van der Waals surface area contributed by atoms with Gasteiger partial charge in [-0.05, 0) is 49.6 Å². The van der Waals surface area contributed by atoms with E-state index in [9.17, 15) is 19.2 Å². The van der Waals surface area contributed by atoms with E-state index in [-0.39, 0.29) is 19.0 Å². The lowest BCUT2D eigenvalue weighted by molar-refractivity contribution is -0.133. The number of imide groups is 1. The SMILES string of the molecule is CCOC(=O)c1c(NC(=O)CN2C(=O)N[C@@](C)(c3ccccc3)C2=O)sc(Cc2ccc3c(c2)OCO3)c1C. The zero-order valence-corrected chi connectivity index (χ0v) is 22.5. The summed E-state index contributed by atoms with van der Waals surface area (Å²) in [5.74, 6) is -0.393. The number of nitrogens with zero attached hydrogens (tertiary/aromatic N) is 1. The van der Waals surface area contributed by atoms with Gasteiger partial charge in [0.1, 0.15) is 17.1 Å². The van der Waals surface area contributed by atoms with Crippen molar-refractivity contribution in [3.8, 4) is 11.5 Å². The Labute approximate surface area is 228 Å². The van der Waals surface area contributed by atoms with Crippen LogP contribution >= 0.6 is 11.3 Å². The van der Waals surface area contributed by atoms with E-state index in [1.165, 1.54) is 11.3 Å². The molecule has 39 heavy (non-hydrogen) atoms. The Hall–Kier alpha value is -4.38. The molecule has 1 atom stereocenters. The quantitative estimate of drug-likeness (QED) is 0.322. The number of hydrogen-bond acceptors (Lipinski definition) is 8. The van der Waals surface area contributed by atoms with E-state index in [1.807, 2.05) is 24.3 Å². The Kier molecular flexibility index (Phi) is 7.00. The van der Waals surface area contributed by atoms with Crippen molar-refractivity contribution in [2.75, 3.05) is 25.3 Å². The minimum Gasteiger partial charge on any atom is -0.462 e. The predicted molar refractivity (Wildman–Crippen MR) is 143 cm³/mol. The summed E-state index contributed by atoms with van der Waals surface area (Å²) in [7, 11) is 0. The van der Waals surface area contributed by atoms with Gasteiger partial charge in [-0.15, -0.1) is 11.3 Å². The van der Waals surface area contributed by atoms with Gasteiger partial charge in [0.15, 0.2) is 11.5 Å². The number of rotatable bonds is 8. The topological polar surface area (TPSA) is 123 Å². The summed E-state index contributed by atoms with van der Waals surface area (Å²) in [6.07, 6.45) is 0.484. The van der Waals surface area contributed by atoms with Crippen LogP contribution in [0.2, 0.25) is 0 Å². The van der Waals surface area contributed by atoms with Gasteiger partial charge in [-0.25, -0.2) is 9.59 Å². The highest BCUT2D eigenvalue weighted by Gasteiger charge is 2.49. The Bertz CT molecular complexity index is 1470. The van der Waals surface area contributed by atoms with Crippen LogP contribution in [-0.2, 0) is 26.3 Å². The highest BCUT2D eigenvalue weighted by atomic mass is 32.1. The van der Waals surface area contributed by atoms with Gasteiger partial charge in [0, 0.05) is 11.3 Å². The van der Waals surface area contributed by atoms with Crippen LogP contribution in [-0.4, -0.2) is 48.7 Å². The first-order valence-electron chi connectivity index (χ1n) is 12.4. The summed E-state index contributed by atoms with van der Waals surface area (Å²) in [5, 5.41) is 5.72. The van der Waals surface area contributed by atoms with Crippen LogP contribution in [0.25, 0.3) is 0 Å². The number of hydrogen-bond donors (Lipinski definition) is 2. The molecule has 0 bridgehead atoms. The number of urea groups is 1. The van der Waals surface area contributed by atoms with Gasteiger partial charge < -0.3 is 24.8 Å². The maximum Gasteiger partial charge on any atom is 0.341 e. The number of fused-ring (bicyclic) bond motifs is 1. The molecule has 2 aliphatic heterocycles. The molecule has 5 rings (SSSR count). The van der Waals surface area contributed by atoms with E-state index >= 15 is 0 Å². The monoisotopic (exact) mass is 549 g/mol. The van der Waals surface area contributed by atoms with E-state index in [0.29, 0.717) is 34.0 Å². The number of ether oxygens (including phenoxy) is 3. The molecule has 1 aromatic heterocycles. The first-order valence-corrected chi connectivity index (χ1v) is 13.2. The van der Waals surface area contributed by atoms with Crippen molar-refractivity contribution in [1.29, 1.82) is 0 Å². The third-order valence-corrected chi connectivity index (χ3v) is 7.91. The predicted octanol–water partition coefficient (Wildman–Crippen LogP) is 3.96. The van der Waals surface area contributed by atoms with Crippen LogP contribution in [0.5, 0.6) is 11.5 Å². The summed E-state index contributed by atoms with van der Waals surface area (Å²) < 4.78 is 16.1. The Morgan fingerprint density at radius 1 is 1.13 bits per heavy atom. The van der Waals surface area contributed by atoms with Crippen LogP contribution in [0.1, 0.15) is 45.8 Å². The molecule has 0 saturated carbocycles. The summed E-state index contributed by atoms with van der Waals surface area (Å²) in [5.41, 5.74) is 1.19. The number of carbonyl (C=O) groups is 4. The molecule has 1 saturated heterocycles. The fourth-order valence-corrected chi connectivity index (χ4v) is 5.86. The lowest BCUT2D eigenvalue weighted by Crippen LogP contribution is -2.42. The van der Waals surface area contributed by atoms with Crippen LogP contribution in [0, 0.1) is 6.92 Å². The molecule has 2 aromatic carbocycles. The molecule has 2 N–H and O–H groups in total. The van der Waals surface area contributed by atoms with Crippen molar-refractivity contribution in [3.63, 3.8) is 0 Å². The second kappa shape index (κ2) is 10.4. The molecular formula is C28H27N3O7S. The third-order valence-electron chi connectivity index (χ3n) is 6.71. The van der Waals surface area contributed by atoms with Gasteiger partial charge in [-0.3, -0.25) is 14.5 Å². The van der Waals surface area contributed by atoms with Crippen molar-refractivity contribution in [2.24, 2.45) is 0 Å². The number of nitrogens with one attached hydrogen (secondary N) is 2. The highest BCUT2D eigenvalue weighted by Crippen LogP contribution is 2.38. The summed E-state index contributed by atoms with van der Waals surface area (Å²) in [6.45, 7) is 4.92. The van der Waals surface area contributed by atoms with Gasteiger partial charge in [0.2, 0.25) is 12.7 Å². The number of esters is 1. The molecule has 2 aliphatic rings. The molecule has 4 amide bonds. The third kappa shape index (κ3) is 4.92. The number of carbonyl (C=O) groups excluding carboxylic acids is 4. The first kappa shape index (κ1) is 26.2. The fraction of sp³-hybridized carbons (Fsp3) is 0.286. The van der Waals surface area contributed by atoms with Crippen LogP contribution < -0.4 is 20.1 Å². The van der Waals surface area contributed by atoms with Crippen LogP contribution in [0.3, 0.4) is 0 Å². The van der Waals surface area contributed by atoms with E-state index in [1.54, 1.807) is 45.0 Å². The van der Waals surface area contributed by atoms with Gasteiger partial charge in [-0.2, -0.15) is 0 Å². The molecule has 0 unspecified atom stereocenters. The van der Waals surface area contributed by atoms with Crippen LogP contribution in [0.15, 0.2) is 48.5 Å². The largest absolute Gasteiger partial charge is 0.462 e. The van der Waals surface area contributed by atoms with Crippen molar-refractivity contribution < 1.29 is 33.4 Å². The molecule has 0 spiro atoms. The maximum absolute atomic E-state index is 13.2. The first-order chi connectivity index (χ1) is 18.7. The molecule has 0 aliphatic carbocycles. The Morgan fingerprint density at radius 2 is 1.87 bits per heavy atom. The second-order valence-electron chi connectivity index (χ2n) is 9.30. The molecule has 11 heteroatoms. The Morgan fingerprint density at radius 3 is 2.62 bits per heavy atom. The van der Waals surface area contributed by atoms with E-state index in [2.05, 4.69) is 10.6 Å². The van der Waals surface area contributed by atoms with Gasteiger partial charge in [0.25, 0.3) is 5.91 Å². The van der Waals surface area contributed by atoms with Crippen molar-refractivity contribution in [3.05, 3.63) is 75.7 Å². The molecule has 1 fully saturated rings. The maximum atomic E-state index is 13.2. The van der Waals surface area contributed by atoms with Crippen LogP contribution in [0.4, 0.5) is 9.80 Å². The van der Waals surface area contributed by atoms with E-state index in [4.69, 9.17) is 14.2 Å². The smallest absolute Gasteiger partial charge is 0.341 e. The number of anilines is 1. The van der Waals surface area contributed by atoms with Crippen molar-refractivity contribution >= 4 is 40.2 Å². The number of benzene rings is 2. The van der Waals surface area contributed by atoms with E-state index in [0.717, 1.165) is 15.3 Å². The van der Waals surface area contributed by atoms with Gasteiger partial charge in [0.05, 0.1) is 12.2 Å². The minimum absolute atomic E-state index is 0.166.